The minimum absolute atomic E-state index is 0.120. The predicted molar refractivity (Wildman–Crippen MR) is 80.5 cm³/mol. The van der Waals surface area contributed by atoms with E-state index in [1.54, 1.807) is 6.07 Å². The quantitative estimate of drug-likeness (QED) is 0.727. The zero-order valence-corrected chi connectivity index (χ0v) is 13.5. The molecule has 1 heterocycles. The van der Waals surface area contributed by atoms with Gasteiger partial charge in [0, 0.05) is 30.6 Å². The molecule has 1 fully saturated rings. The second-order valence-corrected chi connectivity index (χ2v) is 8.16. The van der Waals surface area contributed by atoms with Crippen LogP contribution in [-0.2, 0) is 21.3 Å². The summed E-state index contributed by atoms with van der Waals surface area (Å²) in [7, 11) is -3.42. The Morgan fingerprint density at radius 3 is 2.85 bits per heavy atom. The van der Waals surface area contributed by atoms with Crippen molar-refractivity contribution < 1.29 is 13.2 Å². The first kappa shape index (κ1) is 15.9. The first-order chi connectivity index (χ1) is 9.51. The van der Waals surface area contributed by atoms with Gasteiger partial charge in [-0.15, -0.1) is 11.3 Å². The number of nitrogens with one attached hydrogen (secondary N) is 2. The fourth-order valence-corrected chi connectivity index (χ4v) is 4.24. The highest BCUT2D eigenvalue weighted by Gasteiger charge is 2.21. The molecule has 0 radical (unpaired) electrons. The van der Waals surface area contributed by atoms with E-state index >= 15 is 0 Å². The fourth-order valence-electron chi connectivity index (χ4n) is 1.77. The molecule has 20 heavy (non-hydrogen) atoms. The molecule has 1 aliphatic carbocycles. The molecular weight excluding hydrogens is 296 g/mol. The van der Waals surface area contributed by atoms with E-state index in [1.165, 1.54) is 24.2 Å². The van der Waals surface area contributed by atoms with Gasteiger partial charge in [-0.1, -0.05) is 0 Å². The van der Waals surface area contributed by atoms with Gasteiger partial charge in [0.15, 0.2) is 0 Å². The van der Waals surface area contributed by atoms with E-state index in [4.69, 9.17) is 4.74 Å². The van der Waals surface area contributed by atoms with Crippen LogP contribution in [0.5, 0.6) is 0 Å². The molecule has 7 heteroatoms. The zero-order valence-electron chi connectivity index (χ0n) is 11.9. The molecule has 0 bridgehead atoms. The van der Waals surface area contributed by atoms with Crippen LogP contribution in [0.15, 0.2) is 16.3 Å². The van der Waals surface area contributed by atoms with Crippen LogP contribution in [0, 0.1) is 0 Å². The number of hydrogen-bond acceptors (Lipinski definition) is 5. The monoisotopic (exact) mass is 318 g/mol. The summed E-state index contributed by atoms with van der Waals surface area (Å²) in [5, 5.41) is 3.38. The lowest BCUT2D eigenvalue weighted by Gasteiger charge is -2.12. The van der Waals surface area contributed by atoms with E-state index in [-0.39, 0.29) is 6.10 Å². The van der Waals surface area contributed by atoms with Crippen molar-refractivity contribution in [3.63, 3.8) is 0 Å². The van der Waals surface area contributed by atoms with Gasteiger partial charge in [-0.3, -0.25) is 0 Å². The third kappa shape index (κ3) is 4.82. The highest BCUT2D eigenvalue weighted by Crippen LogP contribution is 2.24. The van der Waals surface area contributed by atoms with Gasteiger partial charge in [-0.25, -0.2) is 13.1 Å². The number of thiophene rings is 1. The van der Waals surface area contributed by atoms with Crippen LogP contribution < -0.4 is 10.0 Å². The molecule has 1 atom stereocenters. The minimum Gasteiger partial charge on any atom is -0.377 e. The van der Waals surface area contributed by atoms with Crippen molar-refractivity contribution in [3.8, 4) is 0 Å². The molecule has 0 aliphatic heterocycles. The first-order valence-corrected chi connectivity index (χ1v) is 9.24. The SMILES string of the molecule is CCOC(C)CNS(=O)(=O)c1ccc(CNC2CC2)s1. The minimum atomic E-state index is -3.42. The van der Waals surface area contributed by atoms with Gasteiger partial charge in [-0.2, -0.15) is 0 Å². The largest absolute Gasteiger partial charge is 0.377 e. The average molecular weight is 318 g/mol. The van der Waals surface area contributed by atoms with Crippen LogP contribution >= 0.6 is 11.3 Å². The van der Waals surface area contributed by atoms with Crippen molar-refractivity contribution in [1.82, 2.24) is 10.0 Å². The first-order valence-electron chi connectivity index (χ1n) is 6.94. The molecule has 1 saturated carbocycles. The van der Waals surface area contributed by atoms with Crippen molar-refractivity contribution in [2.45, 2.75) is 49.6 Å². The van der Waals surface area contributed by atoms with Gasteiger partial charge < -0.3 is 10.1 Å². The molecule has 1 aliphatic rings. The number of hydrogen-bond donors (Lipinski definition) is 2. The summed E-state index contributed by atoms with van der Waals surface area (Å²) in [6.45, 7) is 5.37. The normalized spacial score (nSPS) is 17.3. The lowest BCUT2D eigenvalue weighted by atomic mass is 10.4. The summed E-state index contributed by atoms with van der Waals surface area (Å²) in [5.74, 6) is 0. The molecule has 1 aromatic heterocycles. The molecule has 0 spiro atoms. The van der Waals surface area contributed by atoms with E-state index in [1.807, 2.05) is 19.9 Å². The number of rotatable bonds is 9. The lowest BCUT2D eigenvalue weighted by Crippen LogP contribution is -2.31. The summed E-state index contributed by atoms with van der Waals surface area (Å²) in [4.78, 5) is 1.05. The Morgan fingerprint density at radius 2 is 2.20 bits per heavy atom. The van der Waals surface area contributed by atoms with Crippen molar-refractivity contribution in [1.29, 1.82) is 0 Å². The van der Waals surface area contributed by atoms with Crippen LogP contribution in [0.3, 0.4) is 0 Å². The maximum Gasteiger partial charge on any atom is 0.250 e. The molecule has 0 aromatic carbocycles. The Labute approximate surface area is 124 Å². The van der Waals surface area contributed by atoms with Gasteiger partial charge in [0.2, 0.25) is 10.0 Å². The molecular formula is C13H22N2O3S2. The van der Waals surface area contributed by atoms with Crippen molar-refractivity contribution in [3.05, 3.63) is 17.0 Å². The molecule has 5 nitrogen and oxygen atoms in total. The molecule has 1 unspecified atom stereocenters. The van der Waals surface area contributed by atoms with E-state index < -0.39 is 10.0 Å². The zero-order chi connectivity index (χ0) is 14.6. The molecule has 0 saturated heterocycles. The van der Waals surface area contributed by atoms with Crippen LogP contribution in [-0.4, -0.2) is 33.7 Å². The van der Waals surface area contributed by atoms with Crippen molar-refractivity contribution >= 4 is 21.4 Å². The standard InChI is InChI=1S/C13H22N2O3S2/c1-3-18-10(2)8-15-20(16,17)13-7-6-12(19-13)9-14-11-4-5-11/h6-7,10-11,14-15H,3-5,8-9H2,1-2H3. The highest BCUT2D eigenvalue weighted by molar-refractivity contribution is 7.91. The Hall–Kier alpha value is -0.470. The molecule has 2 N–H and O–H groups in total. The van der Waals surface area contributed by atoms with Crippen molar-refractivity contribution in [2.75, 3.05) is 13.2 Å². The highest BCUT2D eigenvalue weighted by atomic mass is 32.2. The topological polar surface area (TPSA) is 67.4 Å². The molecule has 1 aromatic rings. The van der Waals surface area contributed by atoms with E-state index in [9.17, 15) is 8.42 Å². The van der Waals surface area contributed by atoms with Gasteiger partial charge in [0.1, 0.15) is 4.21 Å². The third-order valence-electron chi connectivity index (χ3n) is 3.06. The Bertz CT molecular complexity index is 523. The molecule has 0 amide bonds. The molecule has 114 valence electrons. The third-order valence-corrected chi connectivity index (χ3v) is 6.06. The molecule has 2 rings (SSSR count). The maximum absolute atomic E-state index is 12.1. The van der Waals surface area contributed by atoms with E-state index in [0.29, 0.717) is 23.4 Å². The maximum atomic E-state index is 12.1. The Morgan fingerprint density at radius 1 is 1.45 bits per heavy atom. The van der Waals surface area contributed by atoms with Crippen LogP contribution in [0.2, 0.25) is 0 Å². The summed E-state index contributed by atoms with van der Waals surface area (Å²) < 4.78 is 32.5. The predicted octanol–water partition coefficient (Wildman–Crippen LogP) is 1.70. The van der Waals surface area contributed by atoms with Crippen LogP contribution in [0.25, 0.3) is 0 Å². The van der Waals surface area contributed by atoms with Crippen LogP contribution in [0.4, 0.5) is 0 Å². The van der Waals surface area contributed by atoms with Crippen molar-refractivity contribution in [2.24, 2.45) is 0 Å². The second-order valence-electron chi connectivity index (χ2n) is 4.99. The Balaban J connectivity index is 1.87. The van der Waals surface area contributed by atoms with E-state index in [2.05, 4.69) is 10.0 Å². The number of sulfonamides is 1. The van der Waals surface area contributed by atoms with E-state index in [0.717, 1.165) is 11.4 Å². The van der Waals surface area contributed by atoms with Gasteiger partial charge in [0.05, 0.1) is 6.10 Å². The summed E-state index contributed by atoms with van der Waals surface area (Å²) in [6.07, 6.45) is 2.34. The fraction of sp³-hybridized carbons (Fsp3) is 0.692. The summed E-state index contributed by atoms with van der Waals surface area (Å²) in [5.41, 5.74) is 0. The van der Waals surface area contributed by atoms with Crippen LogP contribution in [0.1, 0.15) is 31.6 Å². The second kappa shape index (κ2) is 7.00. The summed E-state index contributed by atoms with van der Waals surface area (Å²) in [6, 6.07) is 4.17. The Kier molecular flexibility index (Phi) is 5.57. The summed E-state index contributed by atoms with van der Waals surface area (Å²) >= 11 is 1.32. The number of ether oxygens (including phenoxy) is 1. The van der Waals surface area contributed by atoms with Gasteiger partial charge in [-0.05, 0) is 38.8 Å². The lowest BCUT2D eigenvalue weighted by molar-refractivity contribution is 0.0800. The van der Waals surface area contributed by atoms with Gasteiger partial charge >= 0.3 is 0 Å². The smallest absolute Gasteiger partial charge is 0.250 e. The average Bonchev–Trinajstić information content (AvgIpc) is 3.11. The van der Waals surface area contributed by atoms with Gasteiger partial charge in [0.25, 0.3) is 0 Å².